The first-order valence-corrected chi connectivity index (χ1v) is 6.84. The van der Waals surface area contributed by atoms with Crippen molar-refractivity contribution in [2.75, 3.05) is 0 Å². The fourth-order valence-electron chi connectivity index (χ4n) is 5.48. The van der Waals surface area contributed by atoms with Crippen LogP contribution in [0.3, 0.4) is 0 Å². The Morgan fingerprint density at radius 2 is 1.81 bits per heavy atom. The summed E-state index contributed by atoms with van der Waals surface area (Å²) < 4.78 is 0. The molecule has 0 radical (unpaired) electrons. The lowest BCUT2D eigenvalue weighted by molar-refractivity contribution is -0.146. The van der Waals surface area contributed by atoms with Gasteiger partial charge in [-0.05, 0) is 47.8 Å². The van der Waals surface area contributed by atoms with Crippen LogP contribution in [-0.2, 0) is 4.79 Å². The molecule has 3 fully saturated rings. The molecule has 3 aliphatic rings. The third-order valence-corrected chi connectivity index (χ3v) is 6.56. The fraction of sp³-hybridized carbons (Fsp3) is 0.933. The van der Waals surface area contributed by atoms with Crippen LogP contribution in [-0.4, -0.2) is 5.78 Å². The van der Waals surface area contributed by atoms with Gasteiger partial charge in [-0.25, -0.2) is 0 Å². The van der Waals surface area contributed by atoms with E-state index in [-0.39, 0.29) is 5.41 Å². The minimum absolute atomic E-state index is 0.271. The molecule has 3 saturated carbocycles. The van der Waals surface area contributed by atoms with Crippen molar-refractivity contribution in [3.63, 3.8) is 0 Å². The van der Waals surface area contributed by atoms with Crippen LogP contribution < -0.4 is 0 Å². The van der Waals surface area contributed by atoms with Gasteiger partial charge in [-0.2, -0.15) is 0 Å². The van der Waals surface area contributed by atoms with Crippen molar-refractivity contribution < 1.29 is 4.79 Å². The van der Waals surface area contributed by atoms with E-state index in [4.69, 9.17) is 0 Å². The van der Waals surface area contributed by atoms with Crippen LogP contribution in [0.2, 0.25) is 0 Å². The van der Waals surface area contributed by atoms with Gasteiger partial charge >= 0.3 is 0 Å². The van der Waals surface area contributed by atoms with Gasteiger partial charge in [0, 0.05) is 12.3 Å². The molecule has 1 nitrogen and oxygen atoms in total. The normalized spacial score (nSPS) is 48.1. The van der Waals surface area contributed by atoms with Gasteiger partial charge in [-0.1, -0.05) is 27.7 Å². The second kappa shape index (κ2) is 2.73. The number of fused-ring (bicyclic) bond motifs is 1. The van der Waals surface area contributed by atoms with E-state index in [1.807, 2.05) is 0 Å². The highest BCUT2D eigenvalue weighted by Gasteiger charge is 2.69. The Morgan fingerprint density at radius 3 is 2.44 bits per heavy atom. The van der Waals surface area contributed by atoms with Crippen molar-refractivity contribution in [1.82, 2.24) is 0 Å². The predicted molar refractivity (Wildman–Crippen MR) is 65.1 cm³/mol. The van der Waals surface area contributed by atoms with E-state index in [0.717, 1.165) is 18.8 Å². The van der Waals surface area contributed by atoms with Crippen molar-refractivity contribution in [3.05, 3.63) is 0 Å². The van der Waals surface area contributed by atoms with E-state index in [2.05, 4.69) is 27.7 Å². The first-order chi connectivity index (χ1) is 7.31. The third-order valence-electron chi connectivity index (χ3n) is 6.56. The highest BCUT2D eigenvalue weighted by atomic mass is 16.1. The molecule has 3 atom stereocenters. The molecule has 0 heterocycles. The topological polar surface area (TPSA) is 17.1 Å². The molecule has 0 saturated heterocycles. The van der Waals surface area contributed by atoms with E-state index in [0.29, 0.717) is 22.5 Å². The zero-order chi connectivity index (χ0) is 11.8. The van der Waals surface area contributed by atoms with Crippen molar-refractivity contribution >= 4 is 5.78 Å². The molecule has 0 aliphatic heterocycles. The van der Waals surface area contributed by atoms with Gasteiger partial charge in [0.05, 0.1) is 0 Å². The van der Waals surface area contributed by atoms with Gasteiger partial charge in [0.1, 0.15) is 5.78 Å². The highest BCUT2D eigenvalue weighted by Crippen LogP contribution is 2.74. The maximum Gasteiger partial charge on any atom is 0.137 e. The Morgan fingerprint density at radius 1 is 1.12 bits per heavy atom. The molecular weight excluding hydrogens is 196 g/mol. The van der Waals surface area contributed by atoms with E-state index >= 15 is 0 Å². The van der Waals surface area contributed by atoms with Gasteiger partial charge in [-0.3, -0.25) is 4.79 Å². The van der Waals surface area contributed by atoms with E-state index in [9.17, 15) is 4.79 Å². The molecule has 3 rings (SSSR count). The van der Waals surface area contributed by atoms with Crippen LogP contribution in [0, 0.1) is 28.1 Å². The van der Waals surface area contributed by atoms with Gasteiger partial charge in [0.25, 0.3) is 0 Å². The fourth-order valence-corrected chi connectivity index (χ4v) is 5.48. The Balaban J connectivity index is 2.14. The molecule has 0 aromatic heterocycles. The van der Waals surface area contributed by atoms with Crippen LogP contribution in [0.4, 0.5) is 0 Å². The van der Waals surface area contributed by atoms with Crippen LogP contribution in [0.25, 0.3) is 0 Å². The molecule has 0 aromatic carbocycles. The average Bonchev–Trinajstić information content (AvgIpc) is 2.67. The Hall–Kier alpha value is -0.330. The Kier molecular flexibility index (Phi) is 1.85. The molecule has 0 unspecified atom stereocenters. The summed E-state index contributed by atoms with van der Waals surface area (Å²) in [6.07, 6.45) is 5.94. The molecule has 16 heavy (non-hydrogen) atoms. The summed E-state index contributed by atoms with van der Waals surface area (Å²) in [5.74, 6) is 1.74. The maximum atomic E-state index is 12.4. The number of hydrogen-bond donors (Lipinski definition) is 0. The molecule has 3 aliphatic carbocycles. The number of ketones is 1. The molecule has 0 aromatic rings. The number of carbonyl (C=O) groups is 1. The van der Waals surface area contributed by atoms with Crippen molar-refractivity contribution in [3.8, 4) is 0 Å². The summed E-state index contributed by atoms with van der Waals surface area (Å²) in [6, 6.07) is 0. The Bertz CT molecular complexity index is 352. The first-order valence-electron chi connectivity index (χ1n) is 6.84. The monoisotopic (exact) mass is 220 g/mol. The second-order valence-electron chi connectivity index (χ2n) is 7.70. The number of Topliss-reactive ketones (excluding diaryl/α,β-unsaturated/α-hetero) is 1. The molecule has 0 amide bonds. The van der Waals surface area contributed by atoms with Gasteiger partial charge in [0.2, 0.25) is 0 Å². The number of carbonyl (C=O) groups excluding carboxylic acids is 1. The maximum absolute atomic E-state index is 12.4. The molecule has 90 valence electrons. The van der Waals surface area contributed by atoms with Crippen LogP contribution in [0.15, 0.2) is 0 Å². The molecule has 0 N–H and O–H groups in total. The second-order valence-corrected chi connectivity index (χ2v) is 7.70. The summed E-state index contributed by atoms with van der Waals surface area (Å²) in [7, 11) is 0. The minimum atomic E-state index is 0.271. The van der Waals surface area contributed by atoms with Crippen LogP contribution in [0.5, 0.6) is 0 Å². The van der Waals surface area contributed by atoms with E-state index in [1.165, 1.54) is 19.3 Å². The lowest BCUT2D eigenvalue weighted by Crippen LogP contribution is -2.52. The van der Waals surface area contributed by atoms with Crippen molar-refractivity contribution in [2.24, 2.45) is 28.1 Å². The zero-order valence-corrected chi connectivity index (χ0v) is 11.1. The summed E-state index contributed by atoms with van der Waals surface area (Å²) >= 11 is 0. The van der Waals surface area contributed by atoms with E-state index < -0.39 is 0 Å². The summed E-state index contributed by atoms with van der Waals surface area (Å²) in [6.45, 7) is 9.53. The Labute approximate surface area is 99.0 Å². The zero-order valence-electron chi connectivity index (χ0n) is 11.1. The molecule has 2 bridgehead atoms. The van der Waals surface area contributed by atoms with Gasteiger partial charge in [-0.15, -0.1) is 0 Å². The van der Waals surface area contributed by atoms with Gasteiger partial charge < -0.3 is 0 Å². The lowest BCUT2D eigenvalue weighted by atomic mass is 9.49. The van der Waals surface area contributed by atoms with Crippen LogP contribution in [0.1, 0.15) is 59.8 Å². The summed E-state index contributed by atoms with van der Waals surface area (Å²) in [5, 5.41) is 0. The van der Waals surface area contributed by atoms with Gasteiger partial charge in [0.15, 0.2) is 0 Å². The molecular formula is C15H24O. The van der Waals surface area contributed by atoms with Crippen molar-refractivity contribution in [1.29, 1.82) is 0 Å². The number of rotatable bonds is 0. The molecule has 1 heteroatoms. The van der Waals surface area contributed by atoms with Crippen LogP contribution >= 0.6 is 0 Å². The molecule has 1 spiro atoms. The highest BCUT2D eigenvalue weighted by molar-refractivity contribution is 5.84. The number of hydrogen-bond acceptors (Lipinski definition) is 1. The van der Waals surface area contributed by atoms with E-state index in [1.54, 1.807) is 0 Å². The minimum Gasteiger partial charge on any atom is -0.299 e. The quantitative estimate of drug-likeness (QED) is 0.606. The predicted octanol–water partition coefficient (Wildman–Crippen LogP) is 3.82. The largest absolute Gasteiger partial charge is 0.299 e. The lowest BCUT2D eigenvalue weighted by Gasteiger charge is -2.54. The summed E-state index contributed by atoms with van der Waals surface area (Å²) in [5.41, 5.74) is 1.01. The first kappa shape index (κ1) is 10.8. The summed E-state index contributed by atoms with van der Waals surface area (Å²) in [4.78, 5) is 12.4. The SMILES string of the molecule is CC1(C)[C@@H]2CC[C@@]3(C2)[C@H]1C(=O)CCC3(C)C. The third kappa shape index (κ3) is 0.966. The van der Waals surface area contributed by atoms with Crippen molar-refractivity contribution in [2.45, 2.75) is 59.8 Å². The standard InChI is InChI=1S/C15H24O/c1-13(2)7-6-11(16)12-14(3,4)10-5-8-15(12,13)9-10/h10,12H,5-9H2,1-4H3/t10-,12+,15-/m1/s1. The smallest absolute Gasteiger partial charge is 0.137 e. The average molecular weight is 220 g/mol.